The molecule has 0 spiro atoms. The third-order valence-corrected chi connectivity index (χ3v) is 3.00. The molecular formula is C10H11N5O3S. The van der Waals surface area contributed by atoms with Crippen molar-refractivity contribution in [2.24, 2.45) is 5.84 Å². The molecule has 0 unspecified atom stereocenters. The van der Waals surface area contributed by atoms with E-state index in [0.29, 0.717) is 16.7 Å². The minimum Gasteiger partial charge on any atom is -0.455 e. The third-order valence-electron chi connectivity index (χ3n) is 2.11. The first-order chi connectivity index (χ1) is 9.08. The highest BCUT2D eigenvalue weighted by atomic mass is 32.2. The first-order valence-electron chi connectivity index (χ1n) is 5.18. The monoisotopic (exact) mass is 281 g/mol. The van der Waals surface area contributed by atoms with Crippen LogP contribution in [0.4, 0.5) is 5.82 Å². The summed E-state index contributed by atoms with van der Waals surface area (Å²) in [5.74, 6) is 5.68. The largest absolute Gasteiger partial charge is 0.455 e. The predicted molar refractivity (Wildman–Crippen MR) is 69.2 cm³/mol. The highest BCUT2D eigenvalue weighted by molar-refractivity contribution is 7.98. The molecule has 2 rings (SSSR count). The maximum Gasteiger partial charge on any atom is 0.300 e. The summed E-state index contributed by atoms with van der Waals surface area (Å²) in [4.78, 5) is 28.8. The fourth-order valence-electron chi connectivity index (χ4n) is 1.31. The van der Waals surface area contributed by atoms with Crippen LogP contribution in [0.2, 0.25) is 0 Å². The Kier molecular flexibility index (Phi) is 3.88. The van der Waals surface area contributed by atoms with Crippen LogP contribution in [-0.4, -0.2) is 15.9 Å². The van der Waals surface area contributed by atoms with Crippen LogP contribution in [0.1, 0.15) is 16.3 Å². The average Bonchev–Trinajstić information content (AvgIpc) is 2.83. The zero-order valence-electron chi connectivity index (χ0n) is 9.67. The Balaban J connectivity index is 2.04. The maximum atomic E-state index is 11.2. The maximum absolute atomic E-state index is 11.2. The number of anilines is 1. The Labute approximate surface area is 111 Å². The second kappa shape index (κ2) is 5.59. The minimum absolute atomic E-state index is 0.118. The van der Waals surface area contributed by atoms with Gasteiger partial charge >= 0.3 is 5.91 Å². The number of nitrogens with two attached hydrogens (primary N) is 2. The van der Waals surface area contributed by atoms with Gasteiger partial charge in [0, 0.05) is 6.07 Å². The molecule has 0 radical (unpaired) electrons. The number of furan rings is 1. The zero-order valence-corrected chi connectivity index (χ0v) is 10.5. The van der Waals surface area contributed by atoms with Crippen molar-refractivity contribution in [1.82, 2.24) is 15.4 Å². The molecule has 100 valence electrons. The number of aromatic nitrogens is 2. The molecule has 0 aliphatic heterocycles. The summed E-state index contributed by atoms with van der Waals surface area (Å²) < 4.78 is 5.25. The van der Waals surface area contributed by atoms with E-state index in [9.17, 15) is 9.59 Å². The van der Waals surface area contributed by atoms with Crippen LogP contribution < -0.4 is 22.6 Å². The molecule has 0 aliphatic carbocycles. The van der Waals surface area contributed by atoms with Gasteiger partial charge in [-0.3, -0.25) is 15.0 Å². The Hall–Kier alpha value is -2.26. The molecule has 0 saturated carbocycles. The van der Waals surface area contributed by atoms with Gasteiger partial charge in [-0.05, 0) is 12.1 Å². The van der Waals surface area contributed by atoms with Crippen molar-refractivity contribution in [2.75, 3.05) is 5.73 Å². The molecule has 19 heavy (non-hydrogen) atoms. The van der Waals surface area contributed by atoms with E-state index in [1.165, 1.54) is 23.9 Å². The lowest BCUT2D eigenvalue weighted by Crippen LogP contribution is -2.29. The van der Waals surface area contributed by atoms with E-state index in [4.69, 9.17) is 16.0 Å². The number of nitrogens with one attached hydrogen (secondary N) is 2. The summed E-state index contributed by atoms with van der Waals surface area (Å²) in [6.45, 7) is 0. The van der Waals surface area contributed by atoms with Gasteiger partial charge in [0.25, 0.3) is 5.56 Å². The van der Waals surface area contributed by atoms with Gasteiger partial charge < -0.3 is 15.1 Å². The fourth-order valence-corrected chi connectivity index (χ4v) is 2.09. The molecule has 6 N–H and O–H groups in total. The van der Waals surface area contributed by atoms with Crippen molar-refractivity contribution >= 4 is 23.5 Å². The molecule has 0 bridgehead atoms. The molecular weight excluding hydrogens is 270 g/mol. The van der Waals surface area contributed by atoms with Gasteiger partial charge in [-0.25, -0.2) is 10.8 Å². The topological polar surface area (TPSA) is 140 Å². The normalized spacial score (nSPS) is 10.4. The number of carbonyl (C=O) groups is 1. The quantitative estimate of drug-likeness (QED) is 0.201. The van der Waals surface area contributed by atoms with E-state index in [0.717, 1.165) is 0 Å². The van der Waals surface area contributed by atoms with E-state index in [2.05, 4.69) is 9.97 Å². The van der Waals surface area contributed by atoms with E-state index in [1.54, 1.807) is 6.07 Å². The van der Waals surface area contributed by atoms with Crippen LogP contribution in [0.25, 0.3) is 0 Å². The van der Waals surface area contributed by atoms with Gasteiger partial charge in [-0.2, -0.15) is 0 Å². The first-order valence-corrected chi connectivity index (χ1v) is 6.16. The minimum atomic E-state index is -0.508. The Morgan fingerprint density at radius 2 is 2.32 bits per heavy atom. The summed E-state index contributed by atoms with van der Waals surface area (Å²) in [6, 6.07) is 4.34. The van der Waals surface area contributed by atoms with Gasteiger partial charge in [0.15, 0.2) is 10.9 Å². The molecule has 8 nitrogen and oxygen atoms in total. The number of hydrogen-bond acceptors (Lipinski definition) is 7. The van der Waals surface area contributed by atoms with Gasteiger partial charge in [0.2, 0.25) is 0 Å². The summed E-state index contributed by atoms with van der Waals surface area (Å²) in [5.41, 5.74) is 7.10. The number of thioether (sulfide) groups is 1. The van der Waals surface area contributed by atoms with Crippen LogP contribution in [0.5, 0.6) is 0 Å². The summed E-state index contributed by atoms with van der Waals surface area (Å²) in [7, 11) is 0. The number of nitrogen functional groups attached to an aromatic ring is 2. The van der Waals surface area contributed by atoms with Crippen LogP contribution >= 0.6 is 11.8 Å². The number of hydrogen-bond donors (Lipinski definition) is 4. The molecule has 0 aromatic carbocycles. The van der Waals surface area contributed by atoms with E-state index in [-0.39, 0.29) is 17.1 Å². The zero-order chi connectivity index (χ0) is 13.8. The average molecular weight is 281 g/mol. The molecule has 0 saturated heterocycles. The first kappa shape index (κ1) is 13.2. The molecule has 2 aromatic heterocycles. The molecule has 2 heterocycles. The predicted octanol–water partition coefficient (Wildman–Crippen LogP) is -0.159. The summed E-state index contributed by atoms with van der Waals surface area (Å²) >= 11 is 1.23. The van der Waals surface area contributed by atoms with Crippen LogP contribution in [0, 0.1) is 0 Å². The summed E-state index contributed by atoms with van der Waals surface area (Å²) in [5, 5.41) is 0.381. The molecule has 0 atom stereocenters. The van der Waals surface area contributed by atoms with E-state index in [1.807, 2.05) is 5.43 Å². The lowest BCUT2D eigenvalue weighted by molar-refractivity contribution is 0.0924. The van der Waals surface area contributed by atoms with Crippen LogP contribution in [-0.2, 0) is 5.75 Å². The number of nitrogens with zero attached hydrogens (tertiary/aromatic N) is 1. The Morgan fingerprint density at radius 3 is 3.00 bits per heavy atom. The van der Waals surface area contributed by atoms with Crippen molar-refractivity contribution in [3.05, 3.63) is 40.1 Å². The number of aromatic amines is 1. The van der Waals surface area contributed by atoms with Crippen molar-refractivity contribution in [3.8, 4) is 0 Å². The molecule has 0 fully saturated rings. The third kappa shape index (κ3) is 3.36. The fraction of sp³-hybridized carbons (Fsp3) is 0.100. The Morgan fingerprint density at radius 1 is 1.53 bits per heavy atom. The van der Waals surface area contributed by atoms with Crippen molar-refractivity contribution in [3.63, 3.8) is 0 Å². The summed E-state index contributed by atoms with van der Waals surface area (Å²) in [6.07, 6.45) is 0. The highest BCUT2D eigenvalue weighted by Crippen LogP contribution is 2.20. The standard InChI is InChI=1S/C10H11N5O3S/c11-7-3-8(16)14-10(13-7)19-4-5-1-2-6(18-5)9(17)15-12/h1-3H,4,12H2,(H,15,17)(H3,11,13,14,16). The van der Waals surface area contributed by atoms with E-state index >= 15 is 0 Å². The molecule has 9 heteroatoms. The highest BCUT2D eigenvalue weighted by Gasteiger charge is 2.10. The Bertz CT molecular complexity index is 651. The number of H-pyrrole nitrogens is 1. The molecule has 0 aliphatic rings. The van der Waals surface area contributed by atoms with Crippen molar-refractivity contribution < 1.29 is 9.21 Å². The molecule has 2 aromatic rings. The van der Waals surface area contributed by atoms with Gasteiger partial charge in [-0.15, -0.1) is 0 Å². The van der Waals surface area contributed by atoms with Crippen molar-refractivity contribution in [2.45, 2.75) is 10.9 Å². The van der Waals surface area contributed by atoms with Crippen molar-refractivity contribution in [1.29, 1.82) is 0 Å². The molecule has 1 amide bonds. The van der Waals surface area contributed by atoms with Crippen LogP contribution in [0.15, 0.2) is 32.6 Å². The van der Waals surface area contributed by atoms with Gasteiger partial charge in [-0.1, -0.05) is 11.8 Å². The number of amides is 1. The van der Waals surface area contributed by atoms with Crippen LogP contribution in [0.3, 0.4) is 0 Å². The second-order valence-electron chi connectivity index (χ2n) is 3.50. The van der Waals surface area contributed by atoms with Gasteiger partial charge in [0.05, 0.1) is 5.75 Å². The lowest BCUT2D eigenvalue weighted by atomic mass is 10.4. The second-order valence-corrected chi connectivity index (χ2v) is 4.47. The SMILES string of the molecule is NNC(=O)c1ccc(CSc2nc(N)cc(=O)[nH]2)o1. The number of rotatable bonds is 4. The van der Waals surface area contributed by atoms with E-state index < -0.39 is 5.91 Å². The lowest BCUT2D eigenvalue weighted by Gasteiger charge is -1.99. The smallest absolute Gasteiger partial charge is 0.300 e. The number of carbonyl (C=O) groups excluding carboxylic acids is 1. The number of hydrazine groups is 1. The van der Waals surface area contributed by atoms with Gasteiger partial charge in [0.1, 0.15) is 11.6 Å².